The molecule has 0 saturated heterocycles. The molecule has 0 atom stereocenters. The molecule has 94 valence electrons. The highest BCUT2D eigenvalue weighted by Gasteiger charge is 2.38. The van der Waals surface area contributed by atoms with Crippen molar-refractivity contribution >= 4 is 11.6 Å². The van der Waals surface area contributed by atoms with Gasteiger partial charge in [0.1, 0.15) is 0 Å². The number of aromatic nitrogens is 2. The number of carbonyl (C=O) groups excluding carboxylic acids is 1. The number of nitrogens with zero attached hydrogens (tertiary/aromatic N) is 2. The number of alkyl halides is 3. The summed E-state index contributed by atoms with van der Waals surface area (Å²) in [4.78, 5) is 14.5. The normalized spacial score (nSPS) is 11.3. The zero-order valence-electron chi connectivity index (χ0n) is 8.98. The molecule has 18 heavy (non-hydrogen) atoms. The predicted molar refractivity (Wildman–Crippen MR) is 58.2 cm³/mol. The first-order chi connectivity index (χ1) is 8.47. The maximum absolute atomic E-state index is 12.0. The van der Waals surface area contributed by atoms with Crippen molar-refractivity contribution in [2.24, 2.45) is 0 Å². The molecule has 1 heterocycles. The van der Waals surface area contributed by atoms with Gasteiger partial charge in [0.25, 0.3) is 0 Å². The SMILES string of the molecule is O=C(Nc1ccc(-n2ccnc2)cc1)C(F)(F)F. The second kappa shape index (κ2) is 4.52. The molecule has 4 nitrogen and oxygen atoms in total. The molecule has 1 amide bonds. The van der Waals surface area contributed by atoms with Crippen molar-refractivity contribution in [1.82, 2.24) is 9.55 Å². The summed E-state index contributed by atoms with van der Waals surface area (Å²) in [7, 11) is 0. The zero-order chi connectivity index (χ0) is 13.2. The molecule has 0 unspecified atom stereocenters. The summed E-state index contributed by atoms with van der Waals surface area (Å²) in [5.74, 6) is -1.99. The molecule has 0 saturated carbocycles. The van der Waals surface area contributed by atoms with Gasteiger partial charge in [-0.3, -0.25) is 4.79 Å². The van der Waals surface area contributed by atoms with E-state index >= 15 is 0 Å². The van der Waals surface area contributed by atoms with Crippen molar-refractivity contribution < 1.29 is 18.0 Å². The second-order valence-electron chi connectivity index (χ2n) is 3.47. The summed E-state index contributed by atoms with van der Waals surface area (Å²) in [6, 6.07) is 5.93. The van der Waals surface area contributed by atoms with Crippen molar-refractivity contribution in [3.05, 3.63) is 43.0 Å². The van der Waals surface area contributed by atoms with Crippen molar-refractivity contribution in [1.29, 1.82) is 0 Å². The highest BCUT2D eigenvalue weighted by molar-refractivity contribution is 5.94. The predicted octanol–water partition coefficient (Wildman–Crippen LogP) is 2.37. The van der Waals surface area contributed by atoms with E-state index in [-0.39, 0.29) is 5.69 Å². The standard InChI is InChI=1S/C11H8F3N3O/c12-11(13,14)10(18)16-8-1-3-9(4-2-8)17-6-5-15-7-17/h1-7H,(H,16,18). The number of halogens is 3. The van der Waals surface area contributed by atoms with Crippen LogP contribution >= 0.6 is 0 Å². The fourth-order valence-corrected chi connectivity index (χ4v) is 1.33. The Balaban J connectivity index is 2.12. The lowest BCUT2D eigenvalue weighted by Gasteiger charge is -2.08. The van der Waals surface area contributed by atoms with Crippen LogP contribution in [0.25, 0.3) is 5.69 Å². The van der Waals surface area contributed by atoms with Crippen LogP contribution < -0.4 is 5.32 Å². The highest BCUT2D eigenvalue weighted by atomic mass is 19.4. The lowest BCUT2D eigenvalue weighted by molar-refractivity contribution is -0.167. The number of carbonyl (C=O) groups is 1. The third-order valence-corrected chi connectivity index (χ3v) is 2.19. The first kappa shape index (κ1) is 12.2. The molecule has 2 aromatic rings. The fraction of sp³-hybridized carbons (Fsp3) is 0.0909. The van der Waals surface area contributed by atoms with Gasteiger partial charge in [0.2, 0.25) is 0 Å². The van der Waals surface area contributed by atoms with Crippen LogP contribution in [0.3, 0.4) is 0 Å². The smallest absolute Gasteiger partial charge is 0.318 e. The molecule has 7 heteroatoms. The third kappa shape index (κ3) is 2.68. The molecule has 1 aromatic carbocycles. The maximum Gasteiger partial charge on any atom is 0.471 e. The van der Waals surface area contributed by atoms with Crippen molar-refractivity contribution in [3.8, 4) is 5.69 Å². The van der Waals surface area contributed by atoms with Crippen LogP contribution in [0, 0.1) is 0 Å². The lowest BCUT2D eigenvalue weighted by atomic mass is 10.2. The largest absolute Gasteiger partial charge is 0.471 e. The Morgan fingerprint density at radius 3 is 2.39 bits per heavy atom. The van der Waals surface area contributed by atoms with Crippen LogP contribution in [0.1, 0.15) is 0 Å². The number of benzene rings is 1. The minimum absolute atomic E-state index is 0.0844. The van der Waals surface area contributed by atoms with E-state index in [1.807, 2.05) is 0 Å². The summed E-state index contributed by atoms with van der Waals surface area (Å²) >= 11 is 0. The van der Waals surface area contributed by atoms with E-state index in [2.05, 4.69) is 4.98 Å². The molecular formula is C11H8F3N3O. The van der Waals surface area contributed by atoms with E-state index < -0.39 is 12.1 Å². The number of amides is 1. The third-order valence-electron chi connectivity index (χ3n) is 2.19. The Kier molecular flexibility index (Phi) is 3.05. The second-order valence-corrected chi connectivity index (χ2v) is 3.47. The Morgan fingerprint density at radius 1 is 1.22 bits per heavy atom. The van der Waals surface area contributed by atoms with Gasteiger partial charge >= 0.3 is 12.1 Å². The Hall–Kier alpha value is -2.31. The fourth-order valence-electron chi connectivity index (χ4n) is 1.33. The van der Waals surface area contributed by atoms with Crippen molar-refractivity contribution in [3.63, 3.8) is 0 Å². The van der Waals surface area contributed by atoms with Gasteiger partial charge < -0.3 is 9.88 Å². The highest BCUT2D eigenvalue weighted by Crippen LogP contribution is 2.19. The van der Waals surface area contributed by atoms with Gasteiger partial charge in [0, 0.05) is 23.8 Å². The summed E-state index contributed by atoms with van der Waals surface area (Å²) < 4.78 is 37.7. The first-order valence-corrected chi connectivity index (χ1v) is 4.93. The van der Waals surface area contributed by atoms with Crippen molar-refractivity contribution in [2.45, 2.75) is 6.18 Å². The quantitative estimate of drug-likeness (QED) is 0.895. The van der Waals surface area contributed by atoms with Gasteiger partial charge in [-0.1, -0.05) is 0 Å². The van der Waals surface area contributed by atoms with Crippen LogP contribution in [0.15, 0.2) is 43.0 Å². The number of hydrogen-bond donors (Lipinski definition) is 1. The van der Waals surface area contributed by atoms with E-state index in [1.54, 1.807) is 40.7 Å². The number of rotatable bonds is 2. The summed E-state index contributed by atoms with van der Waals surface area (Å²) in [6.45, 7) is 0. The molecule has 0 radical (unpaired) electrons. The number of hydrogen-bond acceptors (Lipinski definition) is 2. The first-order valence-electron chi connectivity index (χ1n) is 4.93. The average molecular weight is 255 g/mol. The molecular weight excluding hydrogens is 247 g/mol. The minimum Gasteiger partial charge on any atom is -0.318 e. The molecule has 0 spiro atoms. The molecule has 0 aliphatic rings. The van der Waals surface area contributed by atoms with Gasteiger partial charge in [-0.15, -0.1) is 0 Å². The van der Waals surface area contributed by atoms with E-state index in [0.29, 0.717) is 0 Å². The van der Waals surface area contributed by atoms with Crippen LogP contribution in [0.2, 0.25) is 0 Å². The summed E-state index contributed by atoms with van der Waals surface area (Å²) in [5.41, 5.74) is 0.818. The van der Waals surface area contributed by atoms with Crippen LogP contribution in [0.5, 0.6) is 0 Å². The van der Waals surface area contributed by atoms with E-state index in [9.17, 15) is 18.0 Å². The van der Waals surface area contributed by atoms with Gasteiger partial charge in [0.05, 0.1) is 6.33 Å². The monoisotopic (exact) mass is 255 g/mol. The van der Waals surface area contributed by atoms with Gasteiger partial charge in [0.15, 0.2) is 0 Å². The van der Waals surface area contributed by atoms with Gasteiger partial charge in [-0.05, 0) is 24.3 Å². The topological polar surface area (TPSA) is 46.9 Å². The van der Waals surface area contributed by atoms with Crippen LogP contribution in [-0.2, 0) is 4.79 Å². The molecule has 0 aliphatic carbocycles. The minimum atomic E-state index is -4.89. The van der Waals surface area contributed by atoms with E-state index in [4.69, 9.17) is 0 Å². The maximum atomic E-state index is 12.0. The Morgan fingerprint density at radius 2 is 1.89 bits per heavy atom. The molecule has 1 aromatic heterocycles. The van der Waals surface area contributed by atoms with Crippen LogP contribution in [-0.4, -0.2) is 21.6 Å². The van der Waals surface area contributed by atoms with E-state index in [1.165, 1.54) is 12.1 Å². The Labute approximate surface area is 100 Å². The zero-order valence-corrected chi connectivity index (χ0v) is 8.98. The molecule has 2 rings (SSSR count). The van der Waals surface area contributed by atoms with Gasteiger partial charge in [-0.2, -0.15) is 13.2 Å². The molecule has 0 fully saturated rings. The van der Waals surface area contributed by atoms with Crippen LogP contribution in [0.4, 0.5) is 18.9 Å². The number of anilines is 1. The number of imidazole rings is 1. The summed E-state index contributed by atoms with van der Waals surface area (Å²) in [5, 5.41) is 1.77. The Bertz CT molecular complexity index is 532. The lowest BCUT2D eigenvalue weighted by Crippen LogP contribution is -2.29. The number of nitrogens with one attached hydrogen (secondary N) is 1. The van der Waals surface area contributed by atoms with Gasteiger partial charge in [-0.25, -0.2) is 4.98 Å². The average Bonchev–Trinajstić information content (AvgIpc) is 2.82. The summed E-state index contributed by atoms with van der Waals surface area (Å²) in [6.07, 6.45) is -0.0467. The van der Waals surface area contributed by atoms with Crippen molar-refractivity contribution in [2.75, 3.05) is 5.32 Å². The molecule has 1 N–H and O–H groups in total. The molecule has 0 bridgehead atoms. The van der Waals surface area contributed by atoms with E-state index in [0.717, 1.165) is 5.69 Å². The molecule has 0 aliphatic heterocycles.